The van der Waals surface area contributed by atoms with Crippen molar-refractivity contribution in [3.8, 4) is 12.3 Å². The summed E-state index contributed by atoms with van der Waals surface area (Å²) in [6, 6.07) is 0. The van der Waals surface area contributed by atoms with Gasteiger partial charge < -0.3 is 9.47 Å². The van der Waals surface area contributed by atoms with Gasteiger partial charge in [0.1, 0.15) is 11.9 Å². The first-order valence-corrected chi connectivity index (χ1v) is 4.74. The second-order valence-corrected chi connectivity index (χ2v) is 4.05. The van der Waals surface area contributed by atoms with Crippen molar-refractivity contribution in [1.82, 2.24) is 0 Å². The summed E-state index contributed by atoms with van der Waals surface area (Å²) in [5.41, 5.74) is 0. The van der Waals surface area contributed by atoms with E-state index in [1.807, 2.05) is 13.8 Å². The number of carbonyl (C=O) groups is 1. The van der Waals surface area contributed by atoms with Crippen molar-refractivity contribution < 1.29 is 14.3 Å². The molecule has 78 valence electrons. The number of ketones is 1. The molecule has 0 aromatic heterocycles. The Hall–Kier alpha value is -0.850. The van der Waals surface area contributed by atoms with Gasteiger partial charge in [-0.3, -0.25) is 4.79 Å². The number of Topliss-reactive ketones (excluding diaryl/α,β-unsaturated/α-hetero) is 1. The second kappa shape index (κ2) is 4.12. The van der Waals surface area contributed by atoms with Gasteiger partial charge >= 0.3 is 0 Å². The van der Waals surface area contributed by atoms with Gasteiger partial charge in [0, 0.05) is 12.8 Å². The molecule has 2 atom stereocenters. The van der Waals surface area contributed by atoms with Gasteiger partial charge in [0.25, 0.3) is 0 Å². The normalized spacial score (nSPS) is 30.7. The fourth-order valence-corrected chi connectivity index (χ4v) is 1.65. The van der Waals surface area contributed by atoms with Crippen LogP contribution in [0.15, 0.2) is 0 Å². The maximum atomic E-state index is 10.9. The summed E-state index contributed by atoms with van der Waals surface area (Å²) in [5.74, 6) is 1.98. The summed E-state index contributed by atoms with van der Waals surface area (Å²) in [4.78, 5) is 10.9. The van der Waals surface area contributed by atoms with Gasteiger partial charge in [-0.15, -0.1) is 6.42 Å². The van der Waals surface area contributed by atoms with Crippen LogP contribution in [0.2, 0.25) is 0 Å². The molecule has 14 heavy (non-hydrogen) atoms. The molecular weight excluding hydrogens is 180 g/mol. The van der Waals surface area contributed by atoms with Crippen molar-refractivity contribution in [2.24, 2.45) is 0 Å². The van der Waals surface area contributed by atoms with E-state index >= 15 is 0 Å². The Labute approximate surface area is 84.8 Å². The first kappa shape index (κ1) is 11.2. The zero-order chi connectivity index (χ0) is 10.8. The monoisotopic (exact) mass is 196 g/mol. The van der Waals surface area contributed by atoms with Crippen molar-refractivity contribution >= 4 is 5.78 Å². The van der Waals surface area contributed by atoms with Gasteiger partial charge in [-0.2, -0.15) is 0 Å². The van der Waals surface area contributed by atoms with Crippen LogP contribution in [0.25, 0.3) is 0 Å². The van der Waals surface area contributed by atoms with E-state index in [2.05, 4.69) is 5.92 Å². The molecule has 0 saturated carbocycles. The molecule has 0 aromatic rings. The molecule has 3 heteroatoms. The fourth-order valence-electron chi connectivity index (χ4n) is 1.65. The van der Waals surface area contributed by atoms with Gasteiger partial charge in [0.15, 0.2) is 5.79 Å². The van der Waals surface area contributed by atoms with E-state index in [9.17, 15) is 4.79 Å². The van der Waals surface area contributed by atoms with Crippen LogP contribution in [-0.4, -0.2) is 23.8 Å². The average Bonchev–Trinajstić information content (AvgIpc) is 1.99. The Bertz CT molecular complexity index is 262. The van der Waals surface area contributed by atoms with Gasteiger partial charge in [-0.25, -0.2) is 0 Å². The smallest absolute Gasteiger partial charge is 0.164 e. The first-order valence-electron chi connectivity index (χ1n) is 4.74. The highest BCUT2D eigenvalue weighted by molar-refractivity contribution is 5.76. The number of hydrogen-bond acceptors (Lipinski definition) is 3. The molecule has 0 aliphatic carbocycles. The van der Waals surface area contributed by atoms with E-state index < -0.39 is 5.79 Å². The summed E-state index contributed by atoms with van der Waals surface area (Å²) in [7, 11) is 0. The van der Waals surface area contributed by atoms with Crippen LogP contribution >= 0.6 is 0 Å². The van der Waals surface area contributed by atoms with Crippen molar-refractivity contribution in [2.75, 3.05) is 0 Å². The third-order valence-corrected chi connectivity index (χ3v) is 2.05. The molecule has 1 aliphatic heterocycles. The number of hydrogen-bond donors (Lipinski definition) is 0. The lowest BCUT2D eigenvalue weighted by Crippen LogP contribution is -2.44. The zero-order valence-electron chi connectivity index (χ0n) is 8.87. The summed E-state index contributed by atoms with van der Waals surface area (Å²) in [5, 5.41) is 0. The van der Waals surface area contributed by atoms with Crippen LogP contribution in [0.1, 0.15) is 33.6 Å². The SMILES string of the molecule is C#C[C@@H]1C[C@H](CC(C)=O)OC(C)(C)O1. The summed E-state index contributed by atoms with van der Waals surface area (Å²) < 4.78 is 11.0. The standard InChI is InChI=1S/C11H16O3/c1-5-9-7-10(6-8(2)12)14-11(3,4)13-9/h1,9-10H,6-7H2,2-4H3/t9-,10+/m1/s1. The largest absolute Gasteiger partial charge is 0.347 e. The second-order valence-electron chi connectivity index (χ2n) is 4.05. The molecule has 0 aromatic carbocycles. The highest BCUT2D eigenvalue weighted by Crippen LogP contribution is 2.27. The minimum Gasteiger partial charge on any atom is -0.347 e. The number of ether oxygens (including phenoxy) is 2. The van der Waals surface area contributed by atoms with E-state index in [0.29, 0.717) is 12.8 Å². The van der Waals surface area contributed by atoms with Crippen molar-refractivity contribution in [3.05, 3.63) is 0 Å². The van der Waals surface area contributed by atoms with E-state index in [4.69, 9.17) is 15.9 Å². The number of carbonyl (C=O) groups excluding carboxylic acids is 1. The molecule has 1 heterocycles. The van der Waals surface area contributed by atoms with Crippen LogP contribution in [0, 0.1) is 12.3 Å². The maximum absolute atomic E-state index is 10.9. The van der Waals surface area contributed by atoms with Gasteiger partial charge in [0.05, 0.1) is 6.10 Å². The lowest BCUT2D eigenvalue weighted by molar-refractivity contribution is -0.287. The molecular formula is C11H16O3. The highest BCUT2D eigenvalue weighted by atomic mass is 16.7. The molecule has 1 fully saturated rings. The Kier molecular flexibility index (Phi) is 3.30. The molecule has 0 bridgehead atoms. The van der Waals surface area contributed by atoms with E-state index in [1.165, 1.54) is 0 Å². The van der Waals surface area contributed by atoms with Crippen LogP contribution in [0.3, 0.4) is 0 Å². The molecule has 0 radical (unpaired) electrons. The third kappa shape index (κ3) is 3.13. The Morgan fingerprint density at radius 2 is 2.21 bits per heavy atom. The van der Waals surface area contributed by atoms with Crippen LogP contribution < -0.4 is 0 Å². The summed E-state index contributed by atoms with van der Waals surface area (Å²) in [6.45, 7) is 5.17. The maximum Gasteiger partial charge on any atom is 0.164 e. The van der Waals surface area contributed by atoms with E-state index in [1.54, 1.807) is 6.92 Å². The molecule has 3 nitrogen and oxygen atoms in total. The molecule has 1 saturated heterocycles. The van der Waals surface area contributed by atoms with Crippen molar-refractivity contribution in [1.29, 1.82) is 0 Å². The lowest BCUT2D eigenvalue weighted by Gasteiger charge is -2.38. The first-order chi connectivity index (χ1) is 6.43. The van der Waals surface area contributed by atoms with Crippen LogP contribution in [-0.2, 0) is 14.3 Å². The predicted molar refractivity (Wildman–Crippen MR) is 52.6 cm³/mol. The number of rotatable bonds is 2. The molecule has 1 rings (SSSR count). The Morgan fingerprint density at radius 3 is 2.71 bits per heavy atom. The van der Waals surface area contributed by atoms with Gasteiger partial charge in [-0.1, -0.05) is 5.92 Å². The molecule has 1 aliphatic rings. The quantitative estimate of drug-likeness (QED) is 0.628. The topological polar surface area (TPSA) is 35.5 Å². The van der Waals surface area contributed by atoms with Gasteiger partial charge in [0.2, 0.25) is 0 Å². The lowest BCUT2D eigenvalue weighted by atomic mass is 10.0. The average molecular weight is 196 g/mol. The zero-order valence-corrected chi connectivity index (χ0v) is 8.87. The van der Waals surface area contributed by atoms with Crippen molar-refractivity contribution in [2.45, 2.75) is 51.6 Å². The van der Waals surface area contributed by atoms with Crippen LogP contribution in [0.4, 0.5) is 0 Å². The van der Waals surface area contributed by atoms with Crippen LogP contribution in [0.5, 0.6) is 0 Å². The summed E-state index contributed by atoms with van der Waals surface area (Å²) >= 11 is 0. The molecule has 0 spiro atoms. The highest BCUT2D eigenvalue weighted by Gasteiger charge is 2.34. The molecule has 0 unspecified atom stereocenters. The minimum absolute atomic E-state index is 0.114. The third-order valence-electron chi connectivity index (χ3n) is 2.05. The Morgan fingerprint density at radius 1 is 1.57 bits per heavy atom. The van der Waals surface area contributed by atoms with Crippen molar-refractivity contribution in [3.63, 3.8) is 0 Å². The fraction of sp³-hybridized carbons (Fsp3) is 0.727. The van der Waals surface area contributed by atoms with E-state index in [-0.39, 0.29) is 18.0 Å². The summed E-state index contributed by atoms with van der Waals surface area (Å²) in [6.07, 6.45) is 5.95. The minimum atomic E-state index is -0.685. The predicted octanol–water partition coefficient (Wildman–Crippen LogP) is 1.51. The van der Waals surface area contributed by atoms with E-state index in [0.717, 1.165) is 0 Å². The van der Waals surface area contributed by atoms with Gasteiger partial charge in [-0.05, 0) is 20.8 Å². The molecule has 0 amide bonds. The Balaban J connectivity index is 2.62. The molecule has 0 N–H and O–H groups in total. The number of terminal acetylenes is 1.